The molecule has 0 radical (unpaired) electrons. The molecule has 0 aromatic heterocycles. The highest BCUT2D eigenvalue weighted by atomic mass is 16.6. The fraction of sp³-hybridized carbons (Fsp3) is 0.200. The van der Waals surface area contributed by atoms with Crippen molar-refractivity contribution in [2.45, 2.75) is 12.5 Å². The second-order valence-corrected chi connectivity index (χ2v) is 3.20. The van der Waals surface area contributed by atoms with Crippen LogP contribution in [0.2, 0.25) is 0 Å². The Bertz CT molecular complexity index is 416. The molecule has 0 saturated carbocycles. The first kappa shape index (κ1) is 9.51. The average molecular weight is 207 g/mol. The maximum Gasteiger partial charge on any atom is 0.412 e. The predicted octanol–water partition coefficient (Wildman–Crippen LogP) is 1.76. The third-order valence-corrected chi connectivity index (χ3v) is 2.15. The quantitative estimate of drug-likeness (QED) is 0.774. The number of hydrogen-bond donors (Lipinski definition) is 2. The van der Waals surface area contributed by atoms with Crippen molar-refractivity contribution in [3.8, 4) is 0 Å². The number of rotatable bonds is 2. The van der Waals surface area contributed by atoms with Crippen molar-refractivity contribution < 1.29 is 19.4 Å². The van der Waals surface area contributed by atoms with Crippen molar-refractivity contribution in [2.75, 3.05) is 5.32 Å². The number of nitrogens with one attached hydrogen (secondary N) is 1. The van der Waals surface area contributed by atoms with Crippen LogP contribution in [-0.2, 0) is 9.53 Å². The highest BCUT2D eigenvalue weighted by Gasteiger charge is 2.27. The fourth-order valence-corrected chi connectivity index (χ4v) is 1.53. The first-order valence-corrected chi connectivity index (χ1v) is 4.45. The Morgan fingerprint density at radius 2 is 2.20 bits per heavy atom. The van der Waals surface area contributed by atoms with Gasteiger partial charge in [0.15, 0.2) is 0 Å². The molecule has 1 aliphatic rings. The van der Waals surface area contributed by atoms with E-state index in [1.807, 2.05) is 0 Å². The highest BCUT2D eigenvalue weighted by Crippen LogP contribution is 2.32. The van der Waals surface area contributed by atoms with Gasteiger partial charge in [0, 0.05) is 5.56 Å². The lowest BCUT2D eigenvalue weighted by atomic mass is 10.0. The molecule has 0 spiro atoms. The number of para-hydroxylation sites is 1. The van der Waals surface area contributed by atoms with Crippen molar-refractivity contribution >= 4 is 17.7 Å². The largest absolute Gasteiger partial charge is 0.481 e. The number of ether oxygens (including phenoxy) is 1. The number of carbonyl (C=O) groups excluding carboxylic acids is 1. The van der Waals surface area contributed by atoms with E-state index in [9.17, 15) is 9.59 Å². The molecule has 1 atom stereocenters. The van der Waals surface area contributed by atoms with E-state index in [0.29, 0.717) is 11.3 Å². The van der Waals surface area contributed by atoms with Crippen molar-refractivity contribution in [3.63, 3.8) is 0 Å². The molecule has 1 amide bonds. The summed E-state index contributed by atoms with van der Waals surface area (Å²) < 4.78 is 4.89. The van der Waals surface area contributed by atoms with Crippen molar-refractivity contribution in [2.24, 2.45) is 0 Å². The summed E-state index contributed by atoms with van der Waals surface area (Å²) in [5.41, 5.74) is 1.31. The Labute approximate surface area is 85.7 Å². The molecule has 1 aromatic carbocycles. The molecule has 78 valence electrons. The van der Waals surface area contributed by atoms with Gasteiger partial charge >= 0.3 is 12.1 Å². The molecule has 1 aliphatic heterocycles. The molecule has 0 fully saturated rings. The lowest BCUT2D eigenvalue weighted by molar-refractivity contribution is -0.139. The number of benzene rings is 1. The summed E-state index contributed by atoms with van der Waals surface area (Å²) in [4.78, 5) is 21.7. The SMILES string of the molecule is O=C(O)CC1OC(=O)Nc2ccccc21. The van der Waals surface area contributed by atoms with Crippen LogP contribution in [-0.4, -0.2) is 17.2 Å². The third-order valence-electron chi connectivity index (χ3n) is 2.15. The van der Waals surface area contributed by atoms with E-state index in [4.69, 9.17) is 9.84 Å². The number of carboxylic acid groups (broad SMARTS) is 1. The van der Waals surface area contributed by atoms with Gasteiger partial charge in [0.1, 0.15) is 6.10 Å². The van der Waals surface area contributed by atoms with Crippen LogP contribution in [0.3, 0.4) is 0 Å². The van der Waals surface area contributed by atoms with Crippen molar-refractivity contribution in [1.29, 1.82) is 0 Å². The monoisotopic (exact) mass is 207 g/mol. The van der Waals surface area contributed by atoms with Gasteiger partial charge in [-0.2, -0.15) is 0 Å². The van der Waals surface area contributed by atoms with E-state index in [2.05, 4.69) is 5.32 Å². The van der Waals surface area contributed by atoms with Gasteiger partial charge in [0.05, 0.1) is 12.1 Å². The summed E-state index contributed by atoms with van der Waals surface area (Å²) in [6.45, 7) is 0. The Hall–Kier alpha value is -2.04. The van der Waals surface area contributed by atoms with Gasteiger partial charge in [0.2, 0.25) is 0 Å². The number of cyclic esters (lactones) is 1. The van der Waals surface area contributed by atoms with Gasteiger partial charge in [-0.25, -0.2) is 4.79 Å². The minimum Gasteiger partial charge on any atom is -0.481 e. The zero-order valence-corrected chi connectivity index (χ0v) is 7.77. The molecular weight excluding hydrogens is 198 g/mol. The maximum absolute atomic E-state index is 11.1. The van der Waals surface area contributed by atoms with Crippen LogP contribution < -0.4 is 5.32 Å². The van der Waals surface area contributed by atoms with Crippen LogP contribution in [0, 0.1) is 0 Å². The molecule has 0 saturated heterocycles. The van der Waals surface area contributed by atoms with E-state index in [-0.39, 0.29) is 6.42 Å². The molecule has 1 unspecified atom stereocenters. The summed E-state index contributed by atoms with van der Waals surface area (Å²) in [5, 5.41) is 11.2. The minimum absolute atomic E-state index is 0.218. The first-order valence-electron chi connectivity index (χ1n) is 4.45. The molecule has 0 bridgehead atoms. The Kier molecular flexibility index (Phi) is 2.29. The van der Waals surface area contributed by atoms with E-state index in [0.717, 1.165) is 0 Å². The van der Waals surface area contributed by atoms with Crippen LogP contribution in [0.4, 0.5) is 10.5 Å². The summed E-state index contributed by atoms with van der Waals surface area (Å²) in [7, 11) is 0. The lowest BCUT2D eigenvalue weighted by Gasteiger charge is -2.24. The smallest absolute Gasteiger partial charge is 0.412 e. The zero-order valence-electron chi connectivity index (χ0n) is 7.77. The van der Waals surface area contributed by atoms with Crippen molar-refractivity contribution in [3.05, 3.63) is 29.8 Å². The van der Waals surface area contributed by atoms with E-state index in [1.165, 1.54) is 0 Å². The molecule has 0 aliphatic carbocycles. The number of carboxylic acids is 1. The van der Waals surface area contributed by atoms with E-state index >= 15 is 0 Å². The van der Waals surface area contributed by atoms with Gasteiger partial charge in [-0.15, -0.1) is 0 Å². The summed E-state index contributed by atoms with van der Waals surface area (Å²) in [6, 6.07) is 6.99. The molecule has 5 nitrogen and oxygen atoms in total. The number of carbonyl (C=O) groups is 2. The van der Waals surface area contributed by atoms with Gasteiger partial charge in [-0.05, 0) is 6.07 Å². The Morgan fingerprint density at radius 1 is 1.47 bits per heavy atom. The second-order valence-electron chi connectivity index (χ2n) is 3.20. The maximum atomic E-state index is 11.1. The third kappa shape index (κ3) is 1.90. The van der Waals surface area contributed by atoms with Crippen LogP contribution in [0.5, 0.6) is 0 Å². The standard InChI is InChI=1S/C10H9NO4/c12-9(13)5-8-6-3-1-2-4-7(6)11-10(14)15-8/h1-4,8H,5H2,(H,11,14)(H,12,13). The highest BCUT2D eigenvalue weighted by molar-refractivity contribution is 5.88. The number of hydrogen-bond acceptors (Lipinski definition) is 3. The molecule has 5 heteroatoms. The van der Waals surface area contributed by atoms with Crippen molar-refractivity contribution in [1.82, 2.24) is 0 Å². The van der Waals surface area contributed by atoms with Crippen LogP contribution in [0.25, 0.3) is 0 Å². The van der Waals surface area contributed by atoms with Gasteiger partial charge in [-0.1, -0.05) is 18.2 Å². The van der Waals surface area contributed by atoms with E-state index < -0.39 is 18.2 Å². The second kappa shape index (κ2) is 3.61. The predicted molar refractivity (Wildman–Crippen MR) is 51.5 cm³/mol. The summed E-state index contributed by atoms with van der Waals surface area (Å²) in [6.07, 6.45) is -1.53. The molecule has 1 aromatic rings. The number of fused-ring (bicyclic) bond motifs is 1. The van der Waals surface area contributed by atoms with E-state index in [1.54, 1.807) is 24.3 Å². The molecule has 15 heavy (non-hydrogen) atoms. The molecular formula is C10H9NO4. The summed E-state index contributed by atoms with van der Waals surface area (Å²) in [5.74, 6) is -0.996. The minimum atomic E-state index is -0.996. The Balaban J connectivity index is 2.33. The van der Waals surface area contributed by atoms with Gasteiger partial charge < -0.3 is 9.84 Å². The molecule has 2 rings (SSSR count). The average Bonchev–Trinajstić information content (AvgIpc) is 2.16. The van der Waals surface area contributed by atoms with Crippen LogP contribution in [0.1, 0.15) is 18.1 Å². The van der Waals surface area contributed by atoms with Gasteiger partial charge in [0.25, 0.3) is 0 Å². The topological polar surface area (TPSA) is 75.6 Å². The normalized spacial score (nSPS) is 18.7. The van der Waals surface area contributed by atoms with Gasteiger partial charge in [-0.3, -0.25) is 10.1 Å². The Morgan fingerprint density at radius 3 is 2.93 bits per heavy atom. The molecule has 1 heterocycles. The van der Waals surface area contributed by atoms with Crippen LogP contribution in [0.15, 0.2) is 24.3 Å². The van der Waals surface area contributed by atoms with Crippen LogP contribution >= 0.6 is 0 Å². The molecule has 2 N–H and O–H groups in total. The lowest BCUT2D eigenvalue weighted by Crippen LogP contribution is -2.25. The summed E-state index contributed by atoms with van der Waals surface area (Å²) >= 11 is 0. The fourth-order valence-electron chi connectivity index (χ4n) is 1.53. The first-order chi connectivity index (χ1) is 7.16. The number of amides is 1. The zero-order chi connectivity index (χ0) is 10.8. The number of aliphatic carboxylic acids is 1. The number of anilines is 1.